The zero-order valence-electron chi connectivity index (χ0n) is 9.28. The first kappa shape index (κ1) is 12.9. The van der Waals surface area contributed by atoms with Gasteiger partial charge in [0, 0.05) is 19.1 Å². The van der Waals surface area contributed by atoms with Crippen LogP contribution in [0.25, 0.3) is 0 Å². The highest BCUT2D eigenvalue weighted by atomic mass is 32.2. The second-order valence-electron chi connectivity index (χ2n) is 4.00. The molecule has 1 atom stereocenters. The Morgan fingerprint density at radius 2 is 2.27 bits per heavy atom. The van der Waals surface area contributed by atoms with Gasteiger partial charge in [-0.3, -0.25) is 4.90 Å². The molecule has 0 aromatic carbocycles. The van der Waals surface area contributed by atoms with E-state index in [1.165, 1.54) is 12.8 Å². The van der Waals surface area contributed by atoms with Crippen LogP contribution in [0.1, 0.15) is 19.8 Å². The lowest BCUT2D eigenvalue weighted by molar-refractivity contribution is 0.261. The predicted octanol–water partition coefficient (Wildman–Crippen LogP) is -0.651. The third-order valence-corrected chi connectivity index (χ3v) is 3.62. The van der Waals surface area contributed by atoms with Crippen molar-refractivity contribution in [2.75, 3.05) is 31.9 Å². The number of rotatable bonds is 6. The van der Waals surface area contributed by atoms with Crippen molar-refractivity contribution >= 4 is 10.0 Å². The van der Waals surface area contributed by atoms with Gasteiger partial charge in [0.1, 0.15) is 0 Å². The summed E-state index contributed by atoms with van der Waals surface area (Å²) in [4.78, 5) is 2.42. The Hall–Kier alpha value is -0.170. The molecule has 0 saturated carbocycles. The fraction of sp³-hybridized carbons (Fsp3) is 1.00. The maximum absolute atomic E-state index is 10.7. The standard InChI is InChI=1S/C9H21N3O2S/c1-2-12-6-3-4-9(12)8-11-5-7-15(10,13)14/h9,11H,2-8H2,1H3,(H2,10,13,14). The molecule has 1 unspecified atom stereocenters. The molecule has 1 heterocycles. The highest BCUT2D eigenvalue weighted by molar-refractivity contribution is 7.89. The van der Waals surface area contributed by atoms with Crippen molar-refractivity contribution in [1.82, 2.24) is 10.2 Å². The number of likely N-dealkylation sites (N-methyl/N-ethyl adjacent to an activating group) is 1. The average Bonchev–Trinajstić information content (AvgIpc) is 2.58. The average molecular weight is 235 g/mol. The van der Waals surface area contributed by atoms with Crippen molar-refractivity contribution < 1.29 is 8.42 Å². The van der Waals surface area contributed by atoms with Crippen LogP contribution in [-0.4, -0.2) is 51.3 Å². The Labute approximate surface area is 92.1 Å². The van der Waals surface area contributed by atoms with Gasteiger partial charge in [0.25, 0.3) is 0 Å². The van der Waals surface area contributed by atoms with Crippen LogP contribution in [0.2, 0.25) is 0 Å². The van der Waals surface area contributed by atoms with Gasteiger partial charge in [0.05, 0.1) is 5.75 Å². The van der Waals surface area contributed by atoms with Gasteiger partial charge in [-0.1, -0.05) is 6.92 Å². The lowest BCUT2D eigenvalue weighted by atomic mass is 10.2. The molecule has 0 aromatic rings. The first-order valence-corrected chi connectivity index (χ1v) is 7.19. The van der Waals surface area contributed by atoms with Gasteiger partial charge >= 0.3 is 0 Å². The number of nitrogens with two attached hydrogens (primary N) is 1. The van der Waals surface area contributed by atoms with E-state index in [9.17, 15) is 8.42 Å². The summed E-state index contributed by atoms with van der Waals surface area (Å²) in [5.74, 6) is 0.0197. The van der Waals surface area contributed by atoms with E-state index in [1.54, 1.807) is 0 Å². The maximum Gasteiger partial charge on any atom is 0.210 e. The van der Waals surface area contributed by atoms with Crippen LogP contribution in [0.5, 0.6) is 0 Å². The minimum Gasteiger partial charge on any atom is -0.314 e. The number of nitrogens with one attached hydrogen (secondary N) is 1. The van der Waals surface area contributed by atoms with Crippen molar-refractivity contribution in [1.29, 1.82) is 0 Å². The molecule has 90 valence electrons. The first-order valence-electron chi connectivity index (χ1n) is 5.48. The minimum absolute atomic E-state index is 0.0197. The molecular weight excluding hydrogens is 214 g/mol. The van der Waals surface area contributed by atoms with E-state index in [2.05, 4.69) is 17.1 Å². The molecule has 1 fully saturated rings. The monoisotopic (exact) mass is 235 g/mol. The van der Waals surface area contributed by atoms with Crippen LogP contribution in [0, 0.1) is 0 Å². The van der Waals surface area contributed by atoms with E-state index in [4.69, 9.17) is 5.14 Å². The second-order valence-corrected chi connectivity index (χ2v) is 5.73. The van der Waals surface area contributed by atoms with Gasteiger partial charge in [-0.2, -0.15) is 0 Å². The Bertz CT molecular complexity index is 279. The molecule has 0 bridgehead atoms. The number of hydrogen-bond donors (Lipinski definition) is 2. The third-order valence-electron chi connectivity index (χ3n) is 2.85. The quantitative estimate of drug-likeness (QED) is 0.600. The molecule has 0 spiro atoms. The SMILES string of the molecule is CCN1CCCC1CNCCS(N)(=O)=O. The Balaban J connectivity index is 2.15. The third kappa shape index (κ3) is 4.92. The number of primary sulfonamides is 1. The fourth-order valence-corrected chi connectivity index (χ4v) is 2.45. The number of nitrogens with zero attached hydrogens (tertiary/aromatic N) is 1. The van der Waals surface area contributed by atoms with E-state index in [-0.39, 0.29) is 5.75 Å². The fourth-order valence-electron chi connectivity index (χ4n) is 2.03. The number of hydrogen-bond acceptors (Lipinski definition) is 4. The van der Waals surface area contributed by atoms with Crippen LogP contribution in [0.3, 0.4) is 0 Å². The molecule has 1 saturated heterocycles. The van der Waals surface area contributed by atoms with E-state index in [0.29, 0.717) is 12.6 Å². The topological polar surface area (TPSA) is 75.4 Å². The van der Waals surface area contributed by atoms with Gasteiger partial charge in [-0.15, -0.1) is 0 Å². The smallest absolute Gasteiger partial charge is 0.210 e. The molecule has 0 amide bonds. The van der Waals surface area contributed by atoms with Gasteiger partial charge < -0.3 is 5.32 Å². The first-order chi connectivity index (χ1) is 7.03. The van der Waals surface area contributed by atoms with E-state index in [0.717, 1.165) is 19.6 Å². The van der Waals surface area contributed by atoms with Crippen LogP contribution in [0.4, 0.5) is 0 Å². The largest absolute Gasteiger partial charge is 0.314 e. The highest BCUT2D eigenvalue weighted by Gasteiger charge is 2.22. The van der Waals surface area contributed by atoms with Crippen molar-refractivity contribution in [2.45, 2.75) is 25.8 Å². The summed E-state index contributed by atoms with van der Waals surface area (Å²) in [6.45, 7) is 5.71. The summed E-state index contributed by atoms with van der Waals surface area (Å²) in [5.41, 5.74) is 0. The van der Waals surface area contributed by atoms with E-state index >= 15 is 0 Å². The zero-order valence-corrected chi connectivity index (χ0v) is 10.1. The summed E-state index contributed by atoms with van der Waals surface area (Å²) in [6, 6.07) is 0.565. The summed E-state index contributed by atoms with van der Waals surface area (Å²) >= 11 is 0. The Morgan fingerprint density at radius 3 is 2.87 bits per heavy atom. The maximum atomic E-state index is 10.7. The van der Waals surface area contributed by atoms with Crippen molar-refractivity contribution in [2.24, 2.45) is 5.14 Å². The molecule has 1 aliphatic heterocycles. The van der Waals surface area contributed by atoms with Gasteiger partial charge in [0.15, 0.2) is 0 Å². The lowest BCUT2D eigenvalue weighted by Crippen LogP contribution is -2.39. The van der Waals surface area contributed by atoms with Crippen molar-refractivity contribution in [3.05, 3.63) is 0 Å². The van der Waals surface area contributed by atoms with E-state index in [1.807, 2.05) is 0 Å². The second kappa shape index (κ2) is 5.79. The minimum atomic E-state index is -3.32. The molecule has 0 aliphatic carbocycles. The number of sulfonamides is 1. The Kier molecular flexibility index (Phi) is 4.98. The summed E-state index contributed by atoms with van der Waals surface area (Å²) < 4.78 is 21.4. The van der Waals surface area contributed by atoms with Crippen molar-refractivity contribution in [3.63, 3.8) is 0 Å². The van der Waals surface area contributed by atoms with Gasteiger partial charge in [-0.05, 0) is 25.9 Å². The Morgan fingerprint density at radius 1 is 1.53 bits per heavy atom. The summed E-state index contributed by atoms with van der Waals surface area (Å²) in [7, 11) is -3.32. The van der Waals surface area contributed by atoms with Gasteiger partial charge in [-0.25, -0.2) is 13.6 Å². The number of likely N-dealkylation sites (tertiary alicyclic amines) is 1. The molecular formula is C9H21N3O2S. The molecule has 6 heteroatoms. The van der Waals surface area contributed by atoms with Crippen LogP contribution < -0.4 is 10.5 Å². The molecule has 1 rings (SSSR count). The normalized spacial score (nSPS) is 23.5. The van der Waals surface area contributed by atoms with Crippen LogP contribution >= 0.6 is 0 Å². The predicted molar refractivity (Wildman–Crippen MR) is 61.1 cm³/mol. The molecule has 3 N–H and O–H groups in total. The zero-order chi connectivity index (χ0) is 11.3. The van der Waals surface area contributed by atoms with Crippen LogP contribution in [-0.2, 0) is 10.0 Å². The van der Waals surface area contributed by atoms with Crippen LogP contribution in [0.15, 0.2) is 0 Å². The molecule has 0 aromatic heterocycles. The molecule has 1 aliphatic rings. The van der Waals surface area contributed by atoms with E-state index < -0.39 is 10.0 Å². The molecule has 15 heavy (non-hydrogen) atoms. The highest BCUT2D eigenvalue weighted by Crippen LogP contribution is 2.15. The molecule has 0 radical (unpaired) electrons. The lowest BCUT2D eigenvalue weighted by Gasteiger charge is -2.22. The van der Waals surface area contributed by atoms with Gasteiger partial charge in [0.2, 0.25) is 10.0 Å². The summed E-state index contributed by atoms with van der Waals surface area (Å²) in [6.07, 6.45) is 2.45. The summed E-state index contributed by atoms with van der Waals surface area (Å²) in [5, 5.41) is 8.05. The van der Waals surface area contributed by atoms with Crippen molar-refractivity contribution in [3.8, 4) is 0 Å². The molecule has 5 nitrogen and oxygen atoms in total.